The molecule has 3 rings (SSSR count). The number of aliphatic imine (C=N–C) groups is 1. The van der Waals surface area contributed by atoms with Crippen LogP contribution in [0.4, 0.5) is 17.1 Å². The van der Waals surface area contributed by atoms with Gasteiger partial charge in [-0.1, -0.05) is 23.7 Å². The summed E-state index contributed by atoms with van der Waals surface area (Å²) >= 11 is 6.07. The highest BCUT2D eigenvalue weighted by molar-refractivity contribution is 6.33. The fourth-order valence-corrected chi connectivity index (χ4v) is 2.03. The average Bonchev–Trinajstić information content (AvgIpc) is 2.41. The largest absolute Gasteiger partial charge is 0.484 e. The second kappa shape index (κ2) is 4.82. The van der Waals surface area contributed by atoms with E-state index < -0.39 is 0 Å². The molecule has 1 aliphatic rings. The molecule has 3 N–H and O–H groups in total. The average molecular weight is 274 g/mol. The molecule has 0 aromatic heterocycles. The minimum atomic E-state index is 0.377. The summed E-state index contributed by atoms with van der Waals surface area (Å²) in [6.07, 6.45) is 0. The van der Waals surface area contributed by atoms with Crippen molar-refractivity contribution in [3.63, 3.8) is 0 Å². The molecule has 0 unspecified atom stereocenters. The molecule has 0 spiro atoms. The first-order chi connectivity index (χ1) is 9.22. The summed E-state index contributed by atoms with van der Waals surface area (Å²) in [5.41, 5.74) is 7.95. The SMILES string of the molecule is Nc1ccc2c(c1)NC(=Nc1ccccc1Cl)CO2. The lowest BCUT2D eigenvalue weighted by atomic mass is 10.2. The van der Waals surface area contributed by atoms with Crippen LogP contribution in [0, 0.1) is 0 Å². The fourth-order valence-electron chi connectivity index (χ4n) is 1.86. The molecule has 96 valence electrons. The Morgan fingerprint density at radius 3 is 2.89 bits per heavy atom. The van der Waals surface area contributed by atoms with E-state index in [1.54, 1.807) is 12.1 Å². The molecular formula is C14H12ClN3O. The van der Waals surface area contributed by atoms with Gasteiger partial charge in [-0.05, 0) is 30.3 Å². The number of nitrogens with one attached hydrogen (secondary N) is 1. The maximum atomic E-state index is 6.07. The van der Waals surface area contributed by atoms with E-state index in [9.17, 15) is 0 Å². The number of ether oxygens (including phenoxy) is 1. The molecule has 2 aromatic carbocycles. The Labute approximate surface area is 115 Å². The van der Waals surface area contributed by atoms with Crippen molar-refractivity contribution in [1.29, 1.82) is 0 Å². The van der Waals surface area contributed by atoms with Gasteiger partial charge in [-0.15, -0.1) is 0 Å². The zero-order valence-electron chi connectivity index (χ0n) is 10.1. The van der Waals surface area contributed by atoms with Gasteiger partial charge in [0.1, 0.15) is 18.2 Å². The number of hydrogen-bond donors (Lipinski definition) is 2. The van der Waals surface area contributed by atoms with Gasteiger partial charge < -0.3 is 15.8 Å². The summed E-state index contributed by atoms with van der Waals surface area (Å²) in [6, 6.07) is 12.9. The fraction of sp³-hybridized carbons (Fsp3) is 0.0714. The Morgan fingerprint density at radius 1 is 1.21 bits per heavy atom. The molecular weight excluding hydrogens is 262 g/mol. The molecule has 0 atom stereocenters. The second-order valence-electron chi connectivity index (χ2n) is 4.18. The van der Waals surface area contributed by atoms with Crippen LogP contribution in [0.2, 0.25) is 5.02 Å². The molecule has 4 nitrogen and oxygen atoms in total. The number of nitrogen functional groups attached to an aromatic ring is 1. The van der Waals surface area contributed by atoms with E-state index in [1.165, 1.54) is 0 Å². The molecule has 0 saturated carbocycles. The number of para-hydroxylation sites is 1. The topological polar surface area (TPSA) is 59.6 Å². The molecule has 5 heteroatoms. The lowest BCUT2D eigenvalue weighted by Crippen LogP contribution is -2.25. The number of amidine groups is 1. The van der Waals surface area contributed by atoms with E-state index in [-0.39, 0.29) is 0 Å². The third-order valence-corrected chi connectivity index (χ3v) is 3.07. The minimum Gasteiger partial charge on any atom is -0.484 e. The van der Waals surface area contributed by atoms with Gasteiger partial charge >= 0.3 is 0 Å². The van der Waals surface area contributed by atoms with E-state index in [1.807, 2.05) is 30.3 Å². The smallest absolute Gasteiger partial charge is 0.146 e. The number of anilines is 2. The van der Waals surface area contributed by atoms with Gasteiger partial charge in [-0.2, -0.15) is 0 Å². The molecule has 0 amide bonds. The van der Waals surface area contributed by atoms with Crippen LogP contribution in [-0.2, 0) is 0 Å². The number of benzene rings is 2. The third-order valence-electron chi connectivity index (χ3n) is 2.75. The van der Waals surface area contributed by atoms with E-state index in [2.05, 4.69) is 10.3 Å². The Hall–Kier alpha value is -2.20. The molecule has 0 saturated heterocycles. The van der Waals surface area contributed by atoms with Crippen LogP contribution in [0.3, 0.4) is 0 Å². The van der Waals surface area contributed by atoms with Crippen LogP contribution in [0.5, 0.6) is 5.75 Å². The Morgan fingerprint density at radius 2 is 2.05 bits per heavy atom. The number of halogens is 1. The quantitative estimate of drug-likeness (QED) is 0.782. The van der Waals surface area contributed by atoms with Crippen molar-refractivity contribution in [2.75, 3.05) is 17.7 Å². The maximum absolute atomic E-state index is 6.07. The van der Waals surface area contributed by atoms with Crippen molar-refractivity contribution in [2.45, 2.75) is 0 Å². The second-order valence-corrected chi connectivity index (χ2v) is 4.59. The summed E-state index contributed by atoms with van der Waals surface area (Å²) in [4.78, 5) is 4.45. The molecule has 19 heavy (non-hydrogen) atoms. The predicted octanol–water partition coefficient (Wildman–Crippen LogP) is 3.46. The molecule has 1 aliphatic heterocycles. The van der Waals surface area contributed by atoms with Crippen LogP contribution < -0.4 is 15.8 Å². The third kappa shape index (κ3) is 2.48. The van der Waals surface area contributed by atoms with Crippen molar-refractivity contribution >= 4 is 34.5 Å². The van der Waals surface area contributed by atoms with Gasteiger partial charge in [0.05, 0.1) is 16.4 Å². The Bertz CT molecular complexity index is 655. The number of fused-ring (bicyclic) bond motifs is 1. The molecule has 0 bridgehead atoms. The van der Waals surface area contributed by atoms with Gasteiger partial charge in [0.2, 0.25) is 0 Å². The van der Waals surface area contributed by atoms with Crippen molar-refractivity contribution in [3.05, 3.63) is 47.5 Å². The predicted molar refractivity (Wildman–Crippen MR) is 78.5 cm³/mol. The molecule has 0 radical (unpaired) electrons. The van der Waals surface area contributed by atoms with Crippen LogP contribution in [0.25, 0.3) is 0 Å². The monoisotopic (exact) mass is 273 g/mol. The Balaban J connectivity index is 1.91. The highest BCUT2D eigenvalue weighted by Gasteiger charge is 2.14. The van der Waals surface area contributed by atoms with Gasteiger partial charge in [0.25, 0.3) is 0 Å². The first-order valence-electron chi connectivity index (χ1n) is 5.84. The van der Waals surface area contributed by atoms with Gasteiger partial charge in [-0.3, -0.25) is 0 Å². The van der Waals surface area contributed by atoms with Crippen molar-refractivity contribution in [1.82, 2.24) is 0 Å². The van der Waals surface area contributed by atoms with Crippen molar-refractivity contribution < 1.29 is 4.74 Å². The van der Waals surface area contributed by atoms with E-state index in [0.717, 1.165) is 11.4 Å². The van der Waals surface area contributed by atoms with Crippen LogP contribution >= 0.6 is 11.6 Å². The summed E-state index contributed by atoms with van der Waals surface area (Å²) in [5.74, 6) is 1.47. The van der Waals surface area contributed by atoms with Gasteiger partial charge in [0.15, 0.2) is 0 Å². The van der Waals surface area contributed by atoms with Gasteiger partial charge in [0, 0.05) is 5.69 Å². The van der Waals surface area contributed by atoms with Crippen molar-refractivity contribution in [2.24, 2.45) is 4.99 Å². The summed E-state index contributed by atoms with van der Waals surface area (Å²) in [6.45, 7) is 0.377. The summed E-state index contributed by atoms with van der Waals surface area (Å²) < 4.78 is 5.61. The number of hydrogen-bond acceptors (Lipinski definition) is 3. The Kier molecular flexibility index (Phi) is 3.01. The number of rotatable bonds is 1. The summed E-state index contributed by atoms with van der Waals surface area (Å²) in [5, 5.41) is 3.81. The number of nitrogens with two attached hydrogens (primary N) is 1. The maximum Gasteiger partial charge on any atom is 0.146 e. The van der Waals surface area contributed by atoms with Crippen molar-refractivity contribution in [3.8, 4) is 5.75 Å². The minimum absolute atomic E-state index is 0.377. The normalized spacial score (nSPS) is 15.5. The van der Waals surface area contributed by atoms with Crippen LogP contribution in [0.1, 0.15) is 0 Å². The first kappa shape index (κ1) is 11.9. The summed E-state index contributed by atoms with van der Waals surface area (Å²) in [7, 11) is 0. The van der Waals surface area contributed by atoms with E-state index in [4.69, 9.17) is 22.1 Å². The highest BCUT2D eigenvalue weighted by atomic mass is 35.5. The molecule has 0 fully saturated rings. The van der Waals surface area contributed by atoms with Crippen LogP contribution in [0.15, 0.2) is 47.5 Å². The number of nitrogens with zero attached hydrogens (tertiary/aromatic N) is 1. The lowest BCUT2D eigenvalue weighted by Gasteiger charge is -2.21. The zero-order valence-corrected chi connectivity index (χ0v) is 10.8. The van der Waals surface area contributed by atoms with E-state index in [0.29, 0.717) is 28.8 Å². The molecule has 2 aromatic rings. The first-order valence-corrected chi connectivity index (χ1v) is 6.21. The zero-order chi connectivity index (χ0) is 13.2. The van der Waals surface area contributed by atoms with Crippen LogP contribution in [-0.4, -0.2) is 12.4 Å². The van der Waals surface area contributed by atoms with Gasteiger partial charge in [-0.25, -0.2) is 4.99 Å². The lowest BCUT2D eigenvalue weighted by molar-refractivity contribution is 0.372. The highest BCUT2D eigenvalue weighted by Crippen LogP contribution is 2.31. The van der Waals surface area contributed by atoms with E-state index >= 15 is 0 Å². The molecule has 1 heterocycles. The standard InChI is InChI=1S/C14H12ClN3O/c15-10-3-1-2-4-11(10)17-14-8-19-13-6-5-9(16)7-12(13)18-14/h1-7H,8,16H2,(H,17,18). The molecule has 0 aliphatic carbocycles.